The van der Waals surface area contributed by atoms with Gasteiger partial charge in [0.15, 0.2) is 0 Å². The second-order valence-electron chi connectivity index (χ2n) is 4.32. The van der Waals surface area contributed by atoms with E-state index in [4.69, 9.17) is 25.7 Å². The number of hydrogen-bond donors (Lipinski definition) is 0. The summed E-state index contributed by atoms with van der Waals surface area (Å²) in [6.45, 7) is 0. The topological polar surface area (TPSA) is 0 Å². The van der Waals surface area contributed by atoms with Crippen LogP contribution in [0, 0.1) is 61.2 Å². The van der Waals surface area contributed by atoms with Crippen LogP contribution in [0.1, 0.15) is 33.4 Å². The molecule has 2 aromatic rings. The van der Waals surface area contributed by atoms with Gasteiger partial charge >= 0.3 is 0 Å². The summed E-state index contributed by atoms with van der Waals surface area (Å²) in [4.78, 5) is 0. The van der Waals surface area contributed by atoms with Crippen molar-refractivity contribution in [1.29, 1.82) is 0 Å². The fourth-order valence-corrected chi connectivity index (χ4v) is 1.91. The van der Waals surface area contributed by atoms with E-state index >= 15 is 0 Å². The zero-order valence-corrected chi connectivity index (χ0v) is 11.8. The van der Waals surface area contributed by atoms with Crippen LogP contribution in [0.25, 0.3) is 0 Å². The van der Waals surface area contributed by atoms with Crippen LogP contribution in [-0.4, -0.2) is 0 Å². The first-order valence-electron chi connectivity index (χ1n) is 6.39. The van der Waals surface area contributed by atoms with Gasteiger partial charge in [-0.3, -0.25) is 0 Å². The quantitative estimate of drug-likeness (QED) is 0.648. The van der Waals surface area contributed by atoms with Crippen molar-refractivity contribution < 1.29 is 0 Å². The summed E-state index contributed by atoms with van der Waals surface area (Å²) < 4.78 is 0. The molecule has 2 aromatic carbocycles. The smallest absolute Gasteiger partial charge is 0.0418 e. The molecule has 0 spiro atoms. The standard InChI is InChI=1S/C22H10/c1-5-17-11-9-10-12-21(17)13-14-22-16-19(7-3)18(6-2)15-20(22)8-4/h1-4,9-12,15-16H. The highest BCUT2D eigenvalue weighted by Crippen LogP contribution is 2.15. The third-order valence-electron chi connectivity index (χ3n) is 3.04. The van der Waals surface area contributed by atoms with Crippen LogP contribution >= 0.6 is 0 Å². The maximum atomic E-state index is 5.52. The van der Waals surface area contributed by atoms with Gasteiger partial charge in [0.25, 0.3) is 0 Å². The summed E-state index contributed by atoms with van der Waals surface area (Å²) in [6, 6.07) is 10.9. The van der Waals surface area contributed by atoms with Crippen molar-refractivity contribution >= 4 is 0 Å². The molecule has 0 heteroatoms. The van der Waals surface area contributed by atoms with Gasteiger partial charge in [-0.1, -0.05) is 47.7 Å². The highest BCUT2D eigenvalue weighted by Gasteiger charge is 2.04. The van der Waals surface area contributed by atoms with E-state index in [2.05, 4.69) is 35.5 Å². The molecule has 0 aromatic heterocycles. The van der Waals surface area contributed by atoms with Gasteiger partial charge in [0.05, 0.1) is 0 Å². The van der Waals surface area contributed by atoms with Crippen molar-refractivity contribution in [2.45, 2.75) is 0 Å². The predicted molar refractivity (Wildman–Crippen MR) is 90.6 cm³/mol. The maximum Gasteiger partial charge on any atom is 0.0418 e. The van der Waals surface area contributed by atoms with Crippen molar-refractivity contribution in [2.24, 2.45) is 0 Å². The van der Waals surface area contributed by atoms with Crippen molar-refractivity contribution in [3.05, 3.63) is 69.8 Å². The van der Waals surface area contributed by atoms with Crippen LogP contribution in [-0.2, 0) is 0 Å². The molecule has 98 valence electrons. The molecule has 0 fully saturated rings. The third kappa shape index (κ3) is 2.87. The number of terminal acetylenes is 4. The van der Waals surface area contributed by atoms with Gasteiger partial charge in [0.2, 0.25) is 0 Å². The Morgan fingerprint density at radius 1 is 0.500 bits per heavy atom. The van der Waals surface area contributed by atoms with E-state index in [0.29, 0.717) is 22.3 Å². The molecule has 0 N–H and O–H groups in total. The Hall–Kier alpha value is -3.76. The molecule has 22 heavy (non-hydrogen) atoms. The highest BCUT2D eigenvalue weighted by atomic mass is 14.0. The fraction of sp³-hybridized carbons (Fsp3) is 0. The fourth-order valence-electron chi connectivity index (χ4n) is 1.91. The van der Waals surface area contributed by atoms with E-state index in [9.17, 15) is 0 Å². The zero-order chi connectivity index (χ0) is 15.9. The van der Waals surface area contributed by atoms with Crippen molar-refractivity contribution in [3.8, 4) is 61.2 Å². The van der Waals surface area contributed by atoms with E-state index in [1.165, 1.54) is 0 Å². The normalized spacial score (nSPS) is 8.36. The van der Waals surface area contributed by atoms with Crippen LogP contribution in [0.15, 0.2) is 36.4 Å². The minimum atomic E-state index is 0.588. The Morgan fingerprint density at radius 2 is 0.909 bits per heavy atom. The molecule has 0 atom stereocenters. The van der Waals surface area contributed by atoms with Crippen LogP contribution < -0.4 is 0 Å². The molecule has 0 aliphatic rings. The van der Waals surface area contributed by atoms with Gasteiger partial charge in [0, 0.05) is 33.4 Å². The molecule has 0 saturated carbocycles. The second-order valence-corrected chi connectivity index (χ2v) is 4.32. The minimum absolute atomic E-state index is 0.588. The minimum Gasteiger partial charge on any atom is -0.115 e. The SMILES string of the molecule is C#Cc1ccccc1C#Cc1cc(C#C)c(C#C)cc1C#C. The predicted octanol–water partition coefficient (Wildman–Crippen LogP) is 3.01. The maximum absolute atomic E-state index is 5.52. The largest absolute Gasteiger partial charge is 0.115 e. The van der Waals surface area contributed by atoms with Gasteiger partial charge < -0.3 is 0 Å². The van der Waals surface area contributed by atoms with Crippen molar-refractivity contribution in [3.63, 3.8) is 0 Å². The summed E-state index contributed by atoms with van der Waals surface area (Å²) in [7, 11) is 0. The molecule has 0 unspecified atom stereocenters. The van der Waals surface area contributed by atoms with Crippen LogP contribution in [0.2, 0.25) is 0 Å². The lowest BCUT2D eigenvalue weighted by Crippen LogP contribution is -1.91. The highest BCUT2D eigenvalue weighted by molar-refractivity contribution is 5.62. The summed E-state index contributed by atoms with van der Waals surface area (Å²) >= 11 is 0. The molecule has 0 aliphatic heterocycles. The lowest BCUT2D eigenvalue weighted by Gasteiger charge is -2.02. The van der Waals surface area contributed by atoms with Gasteiger partial charge in [0.1, 0.15) is 0 Å². The molecule has 0 amide bonds. The Morgan fingerprint density at radius 3 is 1.45 bits per heavy atom. The molecule has 0 heterocycles. The van der Waals surface area contributed by atoms with E-state index in [-0.39, 0.29) is 0 Å². The summed E-state index contributed by atoms with van der Waals surface area (Å²) in [6.07, 6.45) is 21.9. The van der Waals surface area contributed by atoms with Crippen LogP contribution in [0.4, 0.5) is 0 Å². The number of hydrogen-bond acceptors (Lipinski definition) is 0. The molecule has 0 bridgehead atoms. The Labute approximate surface area is 131 Å². The Kier molecular flexibility index (Phi) is 4.40. The van der Waals surface area contributed by atoms with Crippen molar-refractivity contribution in [2.75, 3.05) is 0 Å². The summed E-state index contributed by atoms with van der Waals surface area (Å²) in [5, 5.41) is 0. The second kappa shape index (κ2) is 6.60. The first kappa shape index (κ1) is 14.6. The lowest BCUT2D eigenvalue weighted by molar-refractivity contribution is 1.51. The Balaban J connectivity index is 2.60. The molecule has 0 radical (unpaired) electrons. The average Bonchev–Trinajstić information content (AvgIpc) is 2.59. The average molecular weight is 274 g/mol. The molecular weight excluding hydrogens is 264 g/mol. The van der Waals surface area contributed by atoms with E-state index in [0.717, 1.165) is 11.1 Å². The van der Waals surface area contributed by atoms with E-state index < -0.39 is 0 Å². The zero-order valence-electron chi connectivity index (χ0n) is 11.8. The van der Waals surface area contributed by atoms with E-state index in [1.807, 2.05) is 24.3 Å². The molecule has 0 nitrogen and oxygen atoms in total. The summed E-state index contributed by atoms with van der Waals surface area (Å²) in [5.74, 6) is 16.3. The first-order valence-corrected chi connectivity index (χ1v) is 6.39. The number of benzene rings is 2. The van der Waals surface area contributed by atoms with Gasteiger partial charge in [-0.25, -0.2) is 0 Å². The van der Waals surface area contributed by atoms with Gasteiger partial charge in [-0.2, -0.15) is 0 Å². The number of rotatable bonds is 0. The van der Waals surface area contributed by atoms with Gasteiger partial charge in [-0.05, 0) is 24.3 Å². The monoisotopic (exact) mass is 274 g/mol. The van der Waals surface area contributed by atoms with E-state index in [1.54, 1.807) is 12.1 Å². The van der Waals surface area contributed by atoms with Crippen molar-refractivity contribution in [1.82, 2.24) is 0 Å². The molecule has 0 saturated heterocycles. The molecule has 2 rings (SSSR count). The molecular formula is C22H10. The lowest BCUT2D eigenvalue weighted by atomic mass is 9.99. The van der Waals surface area contributed by atoms with Gasteiger partial charge in [-0.15, -0.1) is 25.7 Å². The summed E-state index contributed by atoms with van der Waals surface area (Å²) in [5.41, 5.74) is 3.94. The van der Waals surface area contributed by atoms with Crippen LogP contribution in [0.3, 0.4) is 0 Å². The third-order valence-corrected chi connectivity index (χ3v) is 3.04. The first-order chi connectivity index (χ1) is 10.7. The van der Waals surface area contributed by atoms with Crippen LogP contribution in [0.5, 0.6) is 0 Å². The Bertz CT molecular complexity index is 962. The molecule has 0 aliphatic carbocycles.